The van der Waals surface area contributed by atoms with E-state index < -0.39 is 0 Å². The normalized spacial score (nSPS) is 32.3. The van der Waals surface area contributed by atoms with Gasteiger partial charge in [-0.05, 0) is 0 Å². The minimum absolute atomic E-state index is 0.0198. The fourth-order valence-corrected chi connectivity index (χ4v) is 1.10. The van der Waals surface area contributed by atoms with Gasteiger partial charge in [-0.25, -0.2) is 0 Å². The second-order valence-electron chi connectivity index (χ2n) is 2.45. The number of aliphatic hydroxyl groups is 2. The van der Waals surface area contributed by atoms with Gasteiger partial charge in [0.2, 0.25) is 0 Å². The maximum absolute atomic E-state index is 8.73. The molecule has 0 aliphatic carbocycles. The Bertz CT molecular complexity index is 123. The molecule has 1 aliphatic rings. The topological polar surface area (TPSA) is 49.7 Å². The molecule has 2 N–H and O–H groups in total. The monoisotopic (exact) mass is 141 g/mol. The predicted octanol–water partition coefficient (Wildman–Crippen LogP) is -1.33. The molecule has 2 unspecified atom stereocenters. The molecule has 2 atom stereocenters. The third kappa shape index (κ3) is 1.38. The summed E-state index contributed by atoms with van der Waals surface area (Å²) in [4.78, 5) is 0. The summed E-state index contributed by atoms with van der Waals surface area (Å²) in [5, 5.41) is 17.4. The van der Waals surface area contributed by atoms with Crippen LogP contribution in [0.25, 0.3) is 0 Å². The van der Waals surface area contributed by atoms with Crippen molar-refractivity contribution in [2.75, 3.05) is 13.2 Å². The summed E-state index contributed by atoms with van der Waals surface area (Å²) in [6.07, 6.45) is 0.256. The summed E-state index contributed by atoms with van der Waals surface area (Å²) < 4.78 is 5.00. The zero-order valence-corrected chi connectivity index (χ0v) is 5.66. The summed E-state index contributed by atoms with van der Waals surface area (Å²) in [7, 11) is 5.34. The van der Waals surface area contributed by atoms with Gasteiger partial charge in [-0.3, -0.25) is 0 Å². The van der Waals surface area contributed by atoms with Crippen LogP contribution >= 0.6 is 0 Å². The quantitative estimate of drug-likeness (QED) is 0.468. The van der Waals surface area contributed by atoms with Crippen LogP contribution in [0.1, 0.15) is 6.42 Å². The van der Waals surface area contributed by atoms with E-state index in [0.29, 0.717) is 12.1 Å². The van der Waals surface area contributed by atoms with Crippen LogP contribution in [0.4, 0.5) is 0 Å². The summed E-state index contributed by atoms with van der Waals surface area (Å²) in [6.45, 7) is -0.0577. The molecule has 0 saturated carbocycles. The second-order valence-corrected chi connectivity index (χ2v) is 2.45. The average molecular weight is 141 g/mol. The van der Waals surface area contributed by atoms with Crippen molar-refractivity contribution < 1.29 is 14.9 Å². The molecule has 1 radical (unpaired) electrons. The number of hydrogen-bond acceptors (Lipinski definition) is 3. The van der Waals surface area contributed by atoms with Crippen molar-refractivity contribution in [3.63, 3.8) is 0 Å². The van der Waals surface area contributed by atoms with Crippen molar-refractivity contribution in [3.05, 3.63) is 0 Å². The van der Waals surface area contributed by atoms with E-state index in [-0.39, 0.29) is 25.2 Å². The molecule has 0 amide bonds. The Hall–Kier alpha value is -0.345. The van der Waals surface area contributed by atoms with Crippen LogP contribution in [0.3, 0.4) is 0 Å². The first kappa shape index (κ1) is 7.76. The molecular weight excluding hydrogens is 131 g/mol. The van der Waals surface area contributed by atoms with E-state index in [1.807, 2.05) is 0 Å². The fraction of sp³-hybridized carbons (Fsp3) is 0.833. The van der Waals surface area contributed by atoms with Crippen LogP contribution in [0.15, 0.2) is 0 Å². The van der Waals surface area contributed by atoms with E-state index in [4.69, 9.17) is 22.4 Å². The van der Waals surface area contributed by atoms with Gasteiger partial charge in [0.25, 0.3) is 0 Å². The molecule has 0 spiro atoms. The first-order valence-electron chi connectivity index (χ1n) is 3.27. The van der Waals surface area contributed by atoms with Gasteiger partial charge in [0.15, 0.2) is 0 Å². The molecule has 55 valence electrons. The van der Waals surface area contributed by atoms with Gasteiger partial charge in [-0.15, -0.1) is 0 Å². The number of hydrogen-bond donors (Lipinski definition) is 2. The van der Waals surface area contributed by atoms with Crippen molar-refractivity contribution in [1.82, 2.24) is 0 Å². The predicted molar refractivity (Wildman–Crippen MR) is 37.9 cm³/mol. The van der Waals surface area contributed by atoms with E-state index in [2.05, 4.69) is 0 Å². The number of ether oxygens (including phenoxy) is 1. The Balaban J connectivity index is 2.48. The van der Waals surface area contributed by atoms with Crippen molar-refractivity contribution in [2.24, 2.45) is 5.92 Å². The average Bonchev–Trinajstić information content (AvgIpc) is 2.30. The maximum atomic E-state index is 8.73. The summed E-state index contributed by atoms with van der Waals surface area (Å²) >= 11 is 0. The Labute approximate surface area is 60.7 Å². The molecule has 10 heavy (non-hydrogen) atoms. The molecule has 1 saturated heterocycles. The summed E-state index contributed by atoms with van der Waals surface area (Å²) in [6, 6.07) is 0. The fourth-order valence-electron chi connectivity index (χ4n) is 1.10. The van der Waals surface area contributed by atoms with Crippen LogP contribution in [0, 0.1) is 5.92 Å². The van der Waals surface area contributed by atoms with Crippen LogP contribution in [0.2, 0.25) is 0 Å². The molecule has 3 nitrogen and oxygen atoms in total. The zero-order chi connectivity index (χ0) is 7.56. The number of aliphatic hydroxyl groups excluding tert-OH is 2. The molecule has 1 rings (SSSR count). The van der Waals surface area contributed by atoms with Gasteiger partial charge in [0, 0.05) is 0 Å². The molecule has 4 heteroatoms. The van der Waals surface area contributed by atoms with Gasteiger partial charge in [0.1, 0.15) is 0 Å². The van der Waals surface area contributed by atoms with E-state index in [9.17, 15) is 0 Å². The van der Waals surface area contributed by atoms with Gasteiger partial charge in [-0.1, -0.05) is 0 Å². The second kappa shape index (κ2) is 3.17. The Morgan fingerprint density at radius 2 is 2.20 bits per heavy atom. The molecule has 0 aromatic carbocycles. The van der Waals surface area contributed by atoms with Crippen molar-refractivity contribution in [1.29, 1.82) is 0 Å². The molecule has 0 aromatic heterocycles. The van der Waals surface area contributed by atoms with Crippen LogP contribution < -0.4 is 0 Å². The van der Waals surface area contributed by atoms with Gasteiger partial charge in [-0.2, -0.15) is 0 Å². The Morgan fingerprint density at radius 3 is 2.60 bits per heavy atom. The van der Waals surface area contributed by atoms with Crippen molar-refractivity contribution in [3.8, 4) is 0 Å². The van der Waals surface area contributed by atoms with E-state index in [1.165, 1.54) is 0 Å². The molecule has 1 aliphatic heterocycles. The molecular formula is C6H10BO3. The SMILES string of the molecule is [B]=C1CC(CO)C(CO)O1. The molecule has 1 fully saturated rings. The first-order valence-corrected chi connectivity index (χ1v) is 3.27. The van der Waals surface area contributed by atoms with Crippen molar-refractivity contribution >= 4 is 13.1 Å². The number of rotatable bonds is 2. The zero-order valence-electron chi connectivity index (χ0n) is 5.66. The molecule has 0 aromatic rings. The van der Waals surface area contributed by atoms with Crippen LogP contribution in [-0.4, -0.2) is 42.7 Å². The first-order chi connectivity index (χ1) is 4.77. The Morgan fingerprint density at radius 1 is 1.50 bits per heavy atom. The summed E-state index contributed by atoms with van der Waals surface area (Å²) in [5.41, 5.74) is 0.415. The van der Waals surface area contributed by atoms with E-state index in [0.717, 1.165) is 0 Å². The van der Waals surface area contributed by atoms with Crippen molar-refractivity contribution in [2.45, 2.75) is 12.5 Å². The van der Waals surface area contributed by atoms with Gasteiger partial charge in [0.05, 0.1) is 0 Å². The standard InChI is InChI=1S/C6H10BO3/c7-6-1-4(2-8)5(3-9)10-6/h4-5,8-9H,1-3H2. The van der Waals surface area contributed by atoms with Gasteiger partial charge < -0.3 is 0 Å². The molecule has 1 heterocycles. The van der Waals surface area contributed by atoms with Crippen LogP contribution in [0.5, 0.6) is 0 Å². The van der Waals surface area contributed by atoms with E-state index >= 15 is 0 Å². The molecule has 0 bridgehead atoms. The van der Waals surface area contributed by atoms with Gasteiger partial charge >= 0.3 is 59.7 Å². The van der Waals surface area contributed by atoms with Crippen LogP contribution in [-0.2, 0) is 4.74 Å². The third-order valence-electron chi connectivity index (χ3n) is 1.71. The Kier molecular flexibility index (Phi) is 2.46. The minimum atomic E-state index is -0.301. The van der Waals surface area contributed by atoms with E-state index in [1.54, 1.807) is 0 Å². The third-order valence-corrected chi connectivity index (χ3v) is 1.71. The summed E-state index contributed by atoms with van der Waals surface area (Å²) in [5.74, 6) is -0.0231.